The SMILES string of the molecule is CC(C)(C)c1ccc2c(c1)C(=O)OC21c2cc(Cl)c(OC(=O)CCCCCCOC=O)cc2Cc2cc(OC(=O)CCCCCCC(=O)O)c(Cl)cc21. The van der Waals surface area contributed by atoms with E-state index < -0.39 is 29.5 Å². The van der Waals surface area contributed by atoms with Crippen LogP contribution < -0.4 is 9.47 Å². The first-order chi connectivity index (χ1) is 25.2. The standard InChI is InChI=1S/C41H44Cl2O10/c1-40(2,3)27-15-16-29-28(21-27)39(49)53-41(29)30-22-32(42)34(51-37(47)13-9-5-4-8-12-36(45)46)19-25(30)18-26-20-35(33(43)23-31(26)41)52-38(48)14-10-6-7-11-17-50-24-44/h15-16,19-24H,4-14,17-18H2,1-3H3,(H,45,46). The molecular formula is C41H44Cl2O10. The molecule has 282 valence electrons. The highest BCUT2D eigenvalue weighted by Gasteiger charge is 2.53. The number of ether oxygens (including phenoxy) is 4. The fourth-order valence-corrected chi connectivity index (χ4v) is 7.29. The molecule has 1 spiro atoms. The van der Waals surface area contributed by atoms with Crippen molar-refractivity contribution in [2.24, 2.45) is 0 Å². The van der Waals surface area contributed by atoms with Crippen molar-refractivity contribution in [2.75, 3.05) is 6.61 Å². The maximum atomic E-state index is 13.8. The first-order valence-corrected chi connectivity index (χ1v) is 18.7. The zero-order valence-electron chi connectivity index (χ0n) is 30.2. The van der Waals surface area contributed by atoms with Gasteiger partial charge in [-0.15, -0.1) is 0 Å². The van der Waals surface area contributed by atoms with Crippen LogP contribution in [0.1, 0.15) is 135 Å². The summed E-state index contributed by atoms with van der Waals surface area (Å²) in [5.74, 6) is -1.94. The van der Waals surface area contributed by atoms with Gasteiger partial charge in [0, 0.05) is 36.0 Å². The molecule has 0 radical (unpaired) electrons. The third-order valence-corrected chi connectivity index (χ3v) is 10.2. The number of carboxylic acid groups (broad SMARTS) is 1. The van der Waals surface area contributed by atoms with E-state index in [0.29, 0.717) is 91.4 Å². The Morgan fingerprint density at radius 3 is 1.81 bits per heavy atom. The van der Waals surface area contributed by atoms with Gasteiger partial charge in [0.25, 0.3) is 6.47 Å². The van der Waals surface area contributed by atoms with Crippen LogP contribution in [0.4, 0.5) is 0 Å². The summed E-state index contributed by atoms with van der Waals surface area (Å²) < 4.78 is 22.6. The quantitative estimate of drug-likeness (QED) is 0.0612. The molecule has 1 aliphatic carbocycles. The maximum Gasteiger partial charge on any atom is 0.340 e. The molecular weight excluding hydrogens is 723 g/mol. The summed E-state index contributed by atoms with van der Waals surface area (Å²) in [5, 5.41) is 9.16. The van der Waals surface area contributed by atoms with Crippen molar-refractivity contribution in [3.05, 3.63) is 91.5 Å². The van der Waals surface area contributed by atoms with E-state index in [9.17, 15) is 24.0 Å². The van der Waals surface area contributed by atoms with Crippen molar-refractivity contribution < 1.29 is 48.0 Å². The molecule has 12 heteroatoms. The number of hydrogen-bond donors (Lipinski definition) is 1. The largest absolute Gasteiger partial charge is 0.481 e. The number of carboxylic acids is 1. The van der Waals surface area contributed by atoms with E-state index in [2.05, 4.69) is 20.8 Å². The average Bonchev–Trinajstić information content (AvgIpc) is 3.39. The Labute approximate surface area is 319 Å². The van der Waals surface area contributed by atoms with Crippen molar-refractivity contribution in [1.29, 1.82) is 0 Å². The van der Waals surface area contributed by atoms with Crippen LogP contribution in [0.15, 0.2) is 42.5 Å². The second kappa shape index (κ2) is 17.2. The second-order valence-corrected chi connectivity index (χ2v) is 15.3. The number of benzene rings is 3. The van der Waals surface area contributed by atoms with E-state index in [4.69, 9.17) is 47.3 Å². The molecule has 1 N–H and O–H groups in total. The molecule has 0 aromatic heterocycles. The fourth-order valence-electron chi connectivity index (χ4n) is 6.88. The minimum absolute atomic E-state index is 0.0922. The van der Waals surface area contributed by atoms with Crippen molar-refractivity contribution in [3.63, 3.8) is 0 Å². The lowest BCUT2D eigenvalue weighted by Gasteiger charge is -2.38. The third kappa shape index (κ3) is 9.22. The minimum atomic E-state index is -1.44. The summed E-state index contributed by atoms with van der Waals surface area (Å²) in [6.07, 6.45) is 6.03. The molecule has 3 aromatic rings. The van der Waals surface area contributed by atoms with E-state index in [1.807, 2.05) is 18.2 Å². The molecule has 0 fully saturated rings. The normalized spacial score (nSPS) is 15.6. The molecule has 10 nitrogen and oxygen atoms in total. The Balaban J connectivity index is 1.45. The highest BCUT2D eigenvalue weighted by Crippen LogP contribution is 2.55. The van der Waals surface area contributed by atoms with Gasteiger partial charge in [-0.1, -0.05) is 81.8 Å². The van der Waals surface area contributed by atoms with Crippen LogP contribution in [0.25, 0.3) is 0 Å². The molecule has 1 heterocycles. The number of carbonyl (C=O) groups is 5. The number of fused-ring (bicyclic) bond motifs is 6. The molecule has 5 rings (SSSR count). The van der Waals surface area contributed by atoms with Crippen LogP contribution in [0.2, 0.25) is 10.0 Å². The zero-order valence-corrected chi connectivity index (χ0v) is 31.7. The van der Waals surface area contributed by atoms with Crippen LogP contribution in [0.3, 0.4) is 0 Å². The van der Waals surface area contributed by atoms with Gasteiger partial charge >= 0.3 is 23.9 Å². The van der Waals surface area contributed by atoms with E-state index in [0.717, 1.165) is 18.4 Å². The Morgan fingerprint density at radius 2 is 1.30 bits per heavy atom. The van der Waals surface area contributed by atoms with Gasteiger partial charge in [0.2, 0.25) is 0 Å². The van der Waals surface area contributed by atoms with Crippen LogP contribution in [-0.4, -0.2) is 42.1 Å². The van der Waals surface area contributed by atoms with E-state index in [1.54, 1.807) is 24.3 Å². The minimum Gasteiger partial charge on any atom is -0.481 e. The van der Waals surface area contributed by atoms with Gasteiger partial charge in [-0.05, 0) is 84.5 Å². The summed E-state index contributed by atoms with van der Waals surface area (Å²) in [5.41, 5.74) is 2.90. The summed E-state index contributed by atoms with van der Waals surface area (Å²) in [4.78, 5) is 60.5. The highest BCUT2D eigenvalue weighted by molar-refractivity contribution is 6.32. The molecule has 0 saturated carbocycles. The molecule has 1 aliphatic heterocycles. The van der Waals surface area contributed by atoms with E-state index in [-0.39, 0.29) is 46.2 Å². The topological polar surface area (TPSA) is 142 Å². The van der Waals surface area contributed by atoms with E-state index >= 15 is 0 Å². The van der Waals surface area contributed by atoms with Crippen LogP contribution in [0.5, 0.6) is 11.5 Å². The number of unbranched alkanes of at least 4 members (excludes halogenated alkanes) is 6. The molecule has 3 aromatic carbocycles. The Kier molecular flexibility index (Phi) is 12.9. The zero-order chi connectivity index (χ0) is 38.3. The number of esters is 3. The smallest absolute Gasteiger partial charge is 0.340 e. The van der Waals surface area contributed by atoms with Crippen molar-refractivity contribution >= 4 is 53.6 Å². The third-order valence-electron chi connectivity index (χ3n) is 9.62. The summed E-state index contributed by atoms with van der Waals surface area (Å²) in [6, 6.07) is 12.4. The molecule has 53 heavy (non-hydrogen) atoms. The summed E-state index contributed by atoms with van der Waals surface area (Å²) in [6.45, 7) is 6.94. The van der Waals surface area contributed by atoms with Crippen molar-refractivity contribution in [3.8, 4) is 11.5 Å². The molecule has 2 aliphatic rings. The number of carbonyl (C=O) groups excluding carboxylic acids is 4. The first kappa shape index (κ1) is 39.8. The van der Waals surface area contributed by atoms with E-state index in [1.165, 1.54) is 0 Å². The average molecular weight is 768 g/mol. The van der Waals surface area contributed by atoms with Gasteiger partial charge in [-0.3, -0.25) is 19.2 Å². The Bertz CT molecular complexity index is 1900. The first-order valence-electron chi connectivity index (χ1n) is 18.0. The van der Waals surface area contributed by atoms with Crippen LogP contribution in [0, 0.1) is 0 Å². The Morgan fingerprint density at radius 1 is 0.774 bits per heavy atom. The van der Waals surface area contributed by atoms with Gasteiger partial charge in [0.1, 0.15) is 11.5 Å². The monoisotopic (exact) mass is 766 g/mol. The summed E-state index contributed by atoms with van der Waals surface area (Å²) in [7, 11) is 0. The number of hydrogen-bond acceptors (Lipinski definition) is 9. The predicted molar refractivity (Wildman–Crippen MR) is 198 cm³/mol. The Hall–Kier alpha value is -4.41. The second-order valence-electron chi connectivity index (χ2n) is 14.5. The van der Waals surface area contributed by atoms with Gasteiger partial charge < -0.3 is 24.1 Å². The van der Waals surface area contributed by atoms with Crippen LogP contribution in [-0.2, 0) is 46.1 Å². The number of rotatable bonds is 17. The van der Waals surface area contributed by atoms with Crippen molar-refractivity contribution in [2.45, 2.75) is 109 Å². The molecule has 0 amide bonds. The molecule has 1 unspecified atom stereocenters. The van der Waals surface area contributed by atoms with Crippen molar-refractivity contribution in [1.82, 2.24) is 0 Å². The maximum absolute atomic E-state index is 13.8. The molecule has 1 atom stereocenters. The fraction of sp³-hybridized carbons (Fsp3) is 0.439. The summed E-state index contributed by atoms with van der Waals surface area (Å²) >= 11 is 13.6. The van der Waals surface area contributed by atoms with Gasteiger partial charge in [0.15, 0.2) is 5.60 Å². The molecule has 0 bridgehead atoms. The van der Waals surface area contributed by atoms with Gasteiger partial charge in [0.05, 0.1) is 22.2 Å². The predicted octanol–water partition coefficient (Wildman–Crippen LogP) is 9.02. The lowest BCUT2D eigenvalue weighted by atomic mass is 9.70. The highest BCUT2D eigenvalue weighted by atomic mass is 35.5. The lowest BCUT2D eigenvalue weighted by Crippen LogP contribution is -2.35. The molecule has 0 saturated heterocycles. The van der Waals surface area contributed by atoms with Gasteiger partial charge in [-0.2, -0.15) is 0 Å². The number of halogens is 2. The van der Waals surface area contributed by atoms with Gasteiger partial charge in [-0.25, -0.2) is 4.79 Å². The van der Waals surface area contributed by atoms with Crippen LogP contribution >= 0.6 is 23.2 Å². The number of aliphatic carboxylic acids is 1. The lowest BCUT2D eigenvalue weighted by molar-refractivity contribution is -0.137.